The molecule has 0 spiro atoms. The summed E-state index contributed by atoms with van der Waals surface area (Å²) in [7, 11) is 0. The summed E-state index contributed by atoms with van der Waals surface area (Å²) in [5.74, 6) is -1.20. The minimum Gasteiger partial charge on any atom is -0.391 e. The summed E-state index contributed by atoms with van der Waals surface area (Å²) >= 11 is 0. The van der Waals surface area contributed by atoms with E-state index in [1.165, 1.54) is 0 Å². The van der Waals surface area contributed by atoms with Gasteiger partial charge in [-0.3, -0.25) is 0 Å². The Bertz CT molecular complexity index is 318. The van der Waals surface area contributed by atoms with Crippen LogP contribution in [0.2, 0.25) is 0 Å². The highest BCUT2D eigenvalue weighted by atomic mass is 16.9. The molecule has 0 saturated heterocycles. The molecule has 0 heterocycles. The zero-order valence-electron chi connectivity index (χ0n) is 17.0. The Kier molecular flexibility index (Phi) is 12.9. The third kappa shape index (κ3) is 12.7. The summed E-state index contributed by atoms with van der Waals surface area (Å²) in [5.41, 5.74) is 0.136. The number of rotatable bonds is 15. The van der Waals surface area contributed by atoms with Gasteiger partial charge in [-0.2, -0.15) is 0 Å². The van der Waals surface area contributed by atoms with Gasteiger partial charge in [-0.15, -0.1) is 0 Å². The zero-order valence-corrected chi connectivity index (χ0v) is 17.0. The van der Waals surface area contributed by atoms with Gasteiger partial charge in [-0.25, -0.2) is 0 Å². The van der Waals surface area contributed by atoms with Gasteiger partial charge < -0.3 is 29.2 Å². The molecule has 0 rings (SSSR count). The van der Waals surface area contributed by atoms with Crippen LogP contribution in [0.4, 0.5) is 0 Å². The van der Waals surface area contributed by atoms with Crippen LogP contribution >= 0.6 is 0 Å². The zero-order chi connectivity index (χ0) is 19.3. The molecule has 0 aromatic rings. The van der Waals surface area contributed by atoms with E-state index in [0.717, 1.165) is 12.8 Å². The molecule has 3 unspecified atom stereocenters. The fourth-order valence-corrected chi connectivity index (χ4v) is 2.16. The monoisotopic (exact) mass is 364 g/mol. The Morgan fingerprint density at radius 2 is 1.60 bits per heavy atom. The molecule has 25 heavy (non-hydrogen) atoms. The van der Waals surface area contributed by atoms with Crippen LogP contribution in [0.3, 0.4) is 0 Å². The lowest BCUT2D eigenvalue weighted by molar-refractivity contribution is -0.393. The topological polar surface area (TPSA) is 77.4 Å². The van der Waals surface area contributed by atoms with Gasteiger partial charge in [0.05, 0.1) is 25.9 Å². The van der Waals surface area contributed by atoms with E-state index in [1.807, 2.05) is 20.8 Å². The van der Waals surface area contributed by atoms with Gasteiger partial charge in [-0.05, 0) is 44.4 Å². The quantitative estimate of drug-likeness (QED) is 0.435. The molecular formula is C19H40O6. The minimum absolute atomic E-state index is 0.136. The third-order valence-electron chi connectivity index (χ3n) is 3.83. The van der Waals surface area contributed by atoms with Crippen molar-refractivity contribution in [2.75, 3.05) is 39.6 Å². The molecule has 0 aromatic carbocycles. The summed E-state index contributed by atoms with van der Waals surface area (Å²) < 4.78 is 22.3. The second-order valence-corrected chi connectivity index (χ2v) is 7.74. The molecule has 6 nitrogen and oxygen atoms in total. The summed E-state index contributed by atoms with van der Waals surface area (Å²) in [6.45, 7) is 14.0. The van der Waals surface area contributed by atoms with Crippen molar-refractivity contribution in [3.63, 3.8) is 0 Å². The lowest BCUT2D eigenvalue weighted by atomic mass is 9.93. The van der Waals surface area contributed by atoms with E-state index in [0.29, 0.717) is 39.5 Å². The van der Waals surface area contributed by atoms with E-state index >= 15 is 0 Å². The predicted octanol–water partition coefficient (Wildman–Crippen LogP) is 2.95. The van der Waals surface area contributed by atoms with E-state index in [9.17, 15) is 10.2 Å². The highest BCUT2D eigenvalue weighted by Crippen LogP contribution is 2.23. The lowest BCUT2D eigenvalue weighted by Gasteiger charge is -2.33. The van der Waals surface area contributed by atoms with Crippen molar-refractivity contribution < 1.29 is 29.2 Å². The summed E-state index contributed by atoms with van der Waals surface area (Å²) in [6.07, 6.45) is 1.82. The van der Waals surface area contributed by atoms with Crippen molar-refractivity contribution >= 4 is 0 Å². The van der Waals surface area contributed by atoms with Gasteiger partial charge in [0.1, 0.15) is 6.61 Å². The molecule has 0 aliphatic carbocycles. The molecule has 3 atom stereocenters. The Morgan fingerprint density at radius 1 is 0.920 bits per heavy atom. The largest absolute Gasteiger partial charge is 0.391 e. The molecule has 0 bridgehead atoms. The summed E-state index contributed by atoms with van der Waals surface area (Å²) in [5, 5.41) is 19.6. The lowest BCUT2D eigenvalue weighted by Crippen LogP contribution is -2.44. The van der Waals surface area contributed by atoms with Crippen LogP contribution in [0.15, 0.2) is 0 Å². The molecule has 0 fully saturated rings. The number of hydrogen-bond acceptors (Lipinski definition) is 6. The number of aliphatic hydroxyl groups is 2. The highest BCUT2D eigenvalue weighted by Gasteiger charge is 2.33. The van der Waals surface area contributed by atoms with Crippen molar-refractivity contribution in [2.24, 2.45) is 11.3 Å². The van der Waals surface area contributed by atoms with Crippen LogP contribution in [-0.2, 0) is 18.9 Å². The fraction of sp³-hybridized carbons (Fsp3) is 1.00. The molecule has 2 N–H and O–H groups in total. The third-order valence-corrected chi connectivity index (χ3v) is 3.83. The standard InChI is InChI=1S/C19H40O6/c1-7-22-14-17(21)10-9-16(3)13-25-19(15-20,23-8-2)24-12-11-18(4,5)6/h16-17,20-21H,7-15H2,1-6H3. The SMILES string of the molecule is CCOCC(O)CCC(C)COC(CO)(OCC)OCCC(C)(C)C. The first-order chi connectivity index (χ1) is 11.7. The van der Waals surface area contributed by atoms with Gasteiger partial charge in [0.25, 0.3) is 0 Å². The maximum absolute atomic E-state index is 9.82. The average Bonchev–Trinajstić information content (AvgIpc) is 2.54. The number of hydrogen-bond donors (Lipinski definition) is 2. The van der Waals surface area contributed by atoms with E-state index in [-0.39, 0.29) is 17.9 Å². The van der Waals surface area contributed by atoms with Crippen LogP contribution in [0.1, 0.15) is 60.8 Å². The molecule has 0 saturated carbocycles. The van der Waals surface area contributed by atoms with Crippen molar-refractivity contribution in [3.8, 4) is 0 Å². The van der Waals surface area contributed by atoms with Crippen LogP contribution in [-0.4, -0.2) is 61.9 Å². The first kappa shape index (κ1) is 24.8. The Morgan fingerprint density at radius 3 is 2.12 bits per heavy atom. The molecule has 0 amide bonds. The minimum atomic E-state index is -1.40. The Hall–Kier alpha value is -0.240. The first-order valence-corrected chi connectivity index (χ1v) is 9.46. The number of aliphatic hydroxyl groups excluding tert-OH is 2. The summed E-state index contributed by atoms with van der Waals surface area (Å²) in [6, 6.07) is 0. The normalized spacial score (nSPS) is 17.3. The smallest absolute Gasteiger partial charge is 0.307 e. The molecule has 0 aromatic heterocycles. The maximum atomic E-state index is 9.82. The van der Waals surface area contributed by atoms with E-state index < -0.39 is 12.1 Å². The molecule has 0 radical (unpaired) electrons. The van der Waals surface area contributed by atoms with Crippen molar-refractivity contribution in [3.05, 3.63) is 0 Å². The maximum Gasteiger partial charge on any atom is 0.307 e. The van der Waals surface area contributed by atoms with Gasteiger partial charge in [-0.1, -0.05) is 27.7 Å². The number of ether oxygens (including phenoxy) is 4. The average molecular weight is 365 g/mol. The molecule has 6 heteroatoms. The van der Waals surface area contributed by atoms with Gasteiger partial charge in [0, 0.05) is 13.2 Å². The van der Waals surface area contributed by atoms with Crippen molar-refractivity contribution in [1.82, 2.24) is 0 Å². The molecular weight excluding hydrogens is 324 g/mol. The predicted molar refractivity (Wildman–Crippen MR) is 98.3 cm³/mol. The summed E-state index contributed by atoms with van der Waals surface area (Å²) in [4.78, 5) is 0. The fourth-order valence-electron chi connectivity index (χ4n) is 2.16. The van der Waals surface area contributed by atoms with Crippen molar-refractivity contribution in [2.45, 2.75) is 72.9 Å². The second-order valence-electron chi connectivity index (χ2n) is 7.74. The molecule has 0 aliphatic heterocycles. The van der Waals surface area contributed by atoms with Gasteiger partial charge in [0.2, 0.25) is 0 Å². The van der Waals surface area contributed by atoms with Crippen molar-refractivity contribution in [1.29, 1.82) is 0 Å². The highest BCUT2D eigenvalue weighted by molar-refractivity contribution is 4.64. The Balaban J connectivity index is 4.36. The van der Waals surface area contributed by atoms with E-state index in [1.54, 1.807) is 0 Å². The van der Waals surface area contributed by atoms with Gasteiger partial charge in [0.15, 0.2) is 0 Å². The van der Waals surface area contributed by atoms with E-state index in [4.69, 9.17) is 18.9 Å². The first-order valence-electron chi connectivity index (χ1n) is 9.46. The van der Waals surface area contributed by atoms with Gasteiger partial charge >= 0.3 is 5.97 Å². The molecule has 152 valence electrons. The van der Waals surface area contributed by atoms with Crippen LogP contribution in [0.5, 0.6) is 0 Å². The van der Waals surface area contributed by atoms with Crippen LogP contribution in [0, 0.1) is 11.3 Å². The second kappa shape index (κ2) is 13.0. The van der Waals surface area contributed by atoms with Crippen LogP contribution < -0.4 is 0 Å². The molecule has 0 aliphatic rings. The van der Waals surface area contributed by atoms with Crippen LogP contribution in [0.25, 0.3) is 0 Å². The Labute approximate surface area is 153 Å². The van der Waals surface area contributed by atoms with E-state index in [2.05, 4.69) is 20.8 Å².